The number of hydrogen-bond acceptors (Lipinski definition) is 6. The monoisotopic (exact) mass is 471 g/mol. The van der Waals surface area contributed by atoms with Crippen molar-refractivity contribution in [3.05, 3.63) is 52.7 Å². The van der Waals surface area contributed by atoms with Crippen LogP contribution in [0.25, 0.3) is 10.2 Å². The highest BCUT2D eigenvalue weighted by Gasteiger charge is 2.38. The fourth-order valence-electron chi connectivity index (χ4n) is 4.57. The van der Waals surface area contributed by atoms with Gasteiger partial charge in [0, 0.05) is 36.5 Å². The van der Waals surface area contributed by atoms with Gasteiger partial charge >= 0.3 is 6.18 Å². The second-order valence-electron chi connectivity index (χ2n) is 8.96. The highest BCUT2D eigenvalue weighted by atomic mass is 32.1. The molecule has 172 valence electrons. The number of aromatic nitrogens is 2. The number of likely N-dealkylation sites (tertiary alicyclic amines) is 1. The Labute approximate surface area is 194 Å². The molecule has 0 radical (unpaired) electrons. The minimum Gasteiger partial charge on any atom is -0.367 e. The van der Waals surface area contributed by atoms with Crippen LogP contribution in [0.2, 0.25) is 0 Å². The number of anilines is 1. The Hall–Kier alpha value is -2.70. The van der Waals surface area contributed by atoms with Crippen LogP contribution in [0.5, 0.6) is 0 Å². The van der Waals surface area contributed by atoms with Crippen LogP contribution in [0.3, 0.4) is 0 Å². The summed E-state index contributed by atoms with van der Waals surface area (Å²) in [6.45, 7) is 2.77. The minimum atomic E-state index is -4.23. The van der Waals surface area contributed by atoms with Crippen LogP contribution in [-0.2, 0) is 13.0 Å². The third-order valence-corrected chi connectivity index (χ3v) is 7.50. The van der Waals surface area contributed by atoms with Crippen molar-refractivity contribution >= 4 is 27.4 Å². The third-order valence-electron chi connectivity index (χ3n) is 6.45. The molecule has 0 bridgehead atoms. The fraction of sp³-hybridized carbons (Fsp3) is 0.458. The van der Waals surface area contributed by atoms with Crippen molar-refractivity contribution in [2.24, 2.45) is 5.92 Å². The van der Waals surface area contributed by atoms with Crippen molar-refractivity contribution < 1.29 is 13.2 Å². The number of hydrogen-bond donors (Lipinski definition) is 1. The van der Waals surface area contributed by atoms with Gasteiger partial charge in [0.2, 0.25) is 0 Å². The molecule has 1 saturated heterocycles. The number of nitriles is 1. The lowest BCUT2D eigenvalue weighted by Crippen LogP contribution is -2.38. The molecule has 9 heteroatoms. The van der Waals surface area contributed by atoms with Gasteiger partial charge in [0.25, 0.3) is 0 Å². The summed E-state index contributed by atoms with van der Waals surface area (Å²) in [4.78, 5) is 11.7. The van der Waals surface area contributed by atoms with Crippen molar-refractivity contribution in [3.8, 4) is 6.07 Å². The number of nitrogens with one attached hydrogen (secondary N) is 1. The Morgan fingerprint density at radius 1 is 1.15 bits per heavy atom. The standard InChI is InChI=1S/C24H24F3N5S/c25-24(26,27)11-19-10-21-22(29-14-30-23(21)33-19)31-18-5-7-32(8-6-18)13-15-1-3-16(4-2-15)20-9-17(20)12-28/h1-4,10,14,17-18,20H,5-9,11,13H2,(H,29,30,31)/t17?,20-/m1/s1. The summed E-state index contributed by atoms with van der Waals surface area (Å²) in [5, 5.41) is 13.1. The average Bonchev–Trinajstić information content (AvgIpc) is 3.46. The summed E-state index contributed by atoms with van der Waals surface area (Å²) in [6.07, 6.45) is -0.899. The van der Waals surface area contributed by atoms with Crippen LogP contribution in [0.4, 0.5) is 19.0 Å². The van der Waals surface area contributed by atoms with E-state index >= 15 is 0 Å². The molecular formula is C24H24F3N5S. The van der Waals surface area contributed by atoms with Crippen molar-refractivity contribution in [1.29, 1.82) is 5.26 Å². The minimum absolute atomic E-state index is 0.184. The van der Waals surface area contributed by atoms with Crippen LogP contribution in [-0.4, -0.2) is 40.2 Å². The van der Waals surface area contributed by atoms with Gasteiger partial charge in [-0.1, -0.05) is 24.3 Å². The number of rotatable bonds is 6. The first-order chi connectivity index (χ1) is 15.9. The van der Waals surface area contributed by atoms with Gasteiger partial charge in [0.15, 0.2) is 0 Å². The first-order valence-corrected chi connectivity index (χ1v) is 12.0. The SMILES string of the molecule is N#CC1C[C@@H]1c1ccc(CN2CCC(Nc3ncnc4sc(CC(F)(F)F)cc34)CC2)cc1. The van der Waals surface area contributed by atoms with E-state index in [0.29, 0.717) is 22.0 Å². The van der Waals surface area contributed by atoms with Crippen molar-refractivity contribution in [2.45, 2.75) is 50.4 Å². The molecule has 1 aromatic carbocycles. The highest BCUT2D eigenvalue weighted by Crippen LogP contribution is 2.46. The van der Waals surface area contributed by atoms with Gasteiger partial charge in [0.05, 0.1) is 23.8 Å². The maximum atomic E-state index is 12.8. The van der Waals surface area contributed by atoms with E-state index in [-0.39, 0.29) is 16.8 Å². The summed E-state index contributed by atoms with van der Waals surface area (Å²) >= 11 is 1.07. The molecule has 3 heterocycles. The van der Waals surface area contributed by atoms with Gasteiger partial charge in [-0.05, 0) is 36.5 Å². The molecule has 2 aliphatic rings. The lowest BCUT2D eigenvalue weighted by molar-refractivity contribution is -0.126. The number of nitrogens with zero attached hydrogens (tertiary/aromatic N) is 4. The first kappa shape index (κ1) is 22.1. The molecule has 1 N–H and O–H groups in total. The van der Waals surface area contributed by atoms with E-state index in [1.165, 1.54) is 17.5 Å². The molecule has 3 aromatic rings. The number of benzene rings is 1. The molecule has 1 aliphatic carbocycles. The Kier molecular flexibility index (Phi) is 5.97. The lowest BCUT2D eigenvalue weighted by atomic mass is 10.0. The summed E-state index contributed by atoms with van der Waals surface area (Å²) in [5.74, 6) is 1.21. The third kappa shape index (κ3) is 5.28. The Bertz CT molecular complexity index is 1160. The van der Waals surface area contributed by atoms with Gasteiger partial charge in [-0.2, -0.15) is 18.4 Å². The first-order valence-electron chi connectivity index (χ1n) is 11.2. The van der Waals surface area contributed by atoms with Crippen LogP contribution in [0, 0.1) is 17.2 Å². The van der Waals surface area contributed by atoms with Crippen LogP contribution in [0.15, 0.2) is 36.7 Å². The summed E-state index contributed by atoms with van der Waals surface area (Å²) in [7, 11) is 0. The molecule has 33 heavy (non-hydrogen) atoms. The molecule has 1 aliphatic heterocycles. The van der Waals surface area contributed by atoms with E-state index in [1.807, 2.05) is 0 Å². The van der Waals surface area contributed by atoms with Crippen molar-refractivity contribution in [3.63, 3.8) is 0 Å². The number of thiophene rings is 1. The van der Waals surface area contributed by atoms with Crippen LogP contribution in [0.1, 0.15) is 41.2 Å². The molecular weight excluding hydrogens is 447 g/mol. The Morgan fingerprint density at radius 3 is 2.58 bits per heavy atom. The maximum absolute atomic E-state index is 12.8. The Balaban J connectivity index is 1.16. The average molecular weight is 472 g/mol. The predicted octanol–water partition coefficient (Wildman–Crippen LogP) is 5.50. The van der Waals surface area contributed by atoms with Crippen LogP contribution < -0.4 is 5.32 Å². The number of piperidine rings is 1. The largest absolute Gasteiger partial charge is 0.393 e. The van der Waals surface area contributed by atoms with Gasteiger partial charge in [-0.25, -0.2) is 9.97 Å². The van der Waals surface area contributed by atoms with Gasteiger partial charge in [0.1, 0.15) is 17.0 Å². The molecule has 1 unspecified atom stereocenters. The molecule has 0 spiro atoms. The second-order valence-corrected chi connectivity index (χ2v) is 10.1. The van der Waals surface area contributed by atoms with E-state index in [1.54, 1.807) is 6.07 Å². The highest BCUT2D eigenvalue weighted by molar-refractivity contribution is 7.18. The van der Waals surface area contributed by atoms with E-state index in [0.717, 1.165) is 50.2 Å². The Morgan fingerprint density at radius 2 is 1.91 bits per heavy atom. The zero-order valence-corrected chi connectivity index (χ0v) is 18.8. The fourth-order valence-corrected chi connectivity index (χ4v) is 5.59. The number of halogens is 3. The quantitative estimate of drug-likeness (QED) is 0.514. The molecule has 5 rings (SSSR count). The van der Waals surface area contributed by atoms with Crippen molar-refractivity contribution in [1.82, 2.24) is 14.9 Å². The molecule has 1 saturated carbocycles. The van der Waals surface area contributed by atoms with E-state index < -0.39 is 12.6 Å². The lowest BCUT2D eigenvalue weighted by Gasteiger charge is -2.32. The van der Waals surface area contributed by atoms with E-state index in [9.17, 15) is 13.2 Å². The molecule has 5 nitrogen and oxygen atoms in total. The second kappa shape index (κ2) is 8.92. The van der Waals surface area contributed by atoms with Crippen LogP contribution >= 0.6 is 11.3 Å². The maximum Gasteiger partial charge on any atom is 0.393 e. The zero-order valence-electron chi connectivity index (χ0n) is 18.0. The summed E-state index contributed by atoms with van der Waals surface area (Å²) in [6, 6.07) is 12.8. The van der Waals surface area contributed by atoms with E-state index in [2.05, 4.69) is 50.5 Å². The molecule has 2 atom stereocenters. The smallest absolute Gasteiger partial charge is 0.367 e. The van der Waals surface area contributed by atoms with Gasteiger partial charge in [-0.3, -0.25) is 4.90 Å². The van der Waals surface area contributed by atoms with Gasteiger partial charge < -0.3 is 5.32 Å². The van der Waals surface area contributed by atoms with Crippen molar-refractivity contribution in [2.75, 3.05) is 18.4 Å². The normalized spacial score (nSPS) is 21.8. The predicted molar refractivity (Wildman–Crippen MR) is 122 cm³/mol. The number of fused-ring (bicyclic) bond motifs is 1. The molecule has 2 fully saturated rings. The zero-order chi connectivity index (χ0) is 23.0. The van der Waals surface area contributed by atoms with E-state index in [4.69, 9.17) is 5.26 Å². The summed E-state index contributed by atoms with van der Waals surface area (Å²) in [5.41, 5.74) is 2.53. The van der Waals surface area contributed by atoms with Gasteiger partial charge in [-0.15, -0.1) is 11.3 Å². The molecule has 2 aromatic heterocycles. The molecule has 0 amide bonds. The number of alkyl halides is 3. The topological polar surface area (TPSA) is 64.8 Å². The summed E-state index contributed by atoms with van der Waals surface area (Å²) < 4.78 is 38.3.